The van der Waals surface area contributed by atoms with Crippen LogP contribution in [0.3, 0.4) is 0 Å². The summed E-state index contributed by atoms with van der Waals surface area (Å²) in [6, 6.07) is 8.32. The third kappa shape index (κ3) is 3.32. The number of hydrogen-bond donors (Lipinski definition) is 1. The van der Waals surface area contributed by atoms with Gasteiger partial charge in [0.1, 0.15) is 12.4 Å². The summed E-state index contributed by atoms with van der Waals surface area (Å²) in [7, 11) is 0. The van der Waals surface area contributed by atoms with Crippen LogP contribution in [0, 0.1) is 6.92 Å². The van der Waals surface area contributed by atoms with Gasteiger partial charge in [-0.15, -0.1) is 0 Å². The number of aryl methyl sites for hydroxylation is 1. The van der Waals surface area contributed by atoms with Crippen LogP contribution < -0.4 is 10.1 Å². The molecule has 0 unspecified atom stereocenters. The Bertz CT molecular complexity index is 593. The second kappa shape index (κ2) is 5.85. The van der Waals surface area contributed by atoms with Gasteiger partial charge in [0.05, 0.1) is 10.7 Å². The molecule has 0 atom stereocenters. The van der Waals surface area contributed by atoms with Crippen molar-refractivity contribution < 1.29 is 9.26 Å². The highest BCUT2D eigenvalue weighted by atomic mass is 35.5. The summed E-state index contributed by atoms with van der Waals surface area (Å²) in [6.07, 6.45) is 2.52. The minimum atomic E-state index is 0.334. The zero-order valence-electron chi connectivity index (χ0n) is 11.4. The van der Waals surface area contributed by atoms with E-state index >= 15 is 0 Å². The van der Waals surface area contributed by atoms with Crippen molar-refractivity contribution in [1.29, 1.82) is 0 Å². The van der Waals surface area contributed by atoms with Crippen LogP contribution in [0.25, 0.3) is 0 Å². The average Bonchev–Trinajstić information content (AvgIpc) is 3.17. The third-order valence-electron chi connectivity index (χ3n) is 3.24. The summed E-state index contributed by atoms with van der Waals surface area (Å²) in [5, 5.41) is 7.93. The summed E-state index contributed by atoms with van der Waals surface area (Å²) in [5.74, 6) is 1.42. The first kappa shape index (κ1) is 13.5. The van der Waals surface area contributed by atoms with E-state index in [-0.39, 0.29) is 0 Å². The summed E-state index contributed by atoms with van der Waals surface area (Å²) < 4.78 is 11.0. The van der Waals surface area contributed by atoms with Gasteiger partial charge < -0.3 is 14.6 Å². The molecule has 1 aliphatic carbocycles. The van der Waals surface area contributed by atoms with Crippen LogP contribution in [0.1, 0.15) is 29.9 Å². The van der Waals surface area contributed by atoms with Crippen molar-refractivity contribution in [2.75, 3.05) is 0 Å². The van der Waals surface area contributed by atoms with E-state index in [0.29, 0.717) is 23.4 Å². The molecule has 4 nitrogen and oxygen atoms in total. The van der Waals surface area contributed by atoms with E-state index in [4.69, 9.17) is 20.9 Å². The van der Waals surface area contributed by atoms with E-state index < -0.39 is 0 Å². The molecule has 1 saturated carbocycles. The molecule has 0 spiro atoms. The summed E-state index contributed by atoms with van der Waals surface area (Å²) in [6.45, 7) is 2.99. The predicted molar refractivity (Wildman–Crippen MR) is 76.9 cm³/mol. The zero-order chi connectivity index (χ0) is 13.9. The maximum absolute atomic E-state index is 6.23. The molecule has 20 heavy (non-hydrogen) atoms. The number of para-hydroxylation sites is 1. The lowest BCUT2D eigenvalue weighted by molar-refractivity contribution is 0.246. The normalized spacial score (nSPS) is 14.5. The maximum atomic E-state index is 6.23. The molecule has 1 heterocycles. The molecule has 1 fully saturated rings. The van der Waals surface area contributed by atoms with E-state index in [1.54, 1.807) is 0 Å². The van der Waals surface area contributed by atoms with Crippen molar-refractivity contribution in [2.24, 2.45) is 0 Å². The number of nitrogens with zero attached hydrogens (tertiary/aromatic N) is 1. The van der Waals surface area contributed by atoms with Crippen molar-refractivity contribution in [2.45, 2.75) is 39.0 Å². The second-order valence-electron chi connectivity index (χ2n) is 5.11. The highest BCUT2D eigenvalue weighted by Gasteiger charge is 2.21. The predicted octanol–water partition coefficient (Wildman–Crippen LogP) is 3.47. The number of halogens is 1. The van der Waals surface area contributed by atoms with E-state index in [1.165, 1.54) is 12.8 Å². The number of aromatic nitrogens is 1. The Hall–Kier alpha value is -1.52. The molecule has 1 aromatic heterocycles. The lowest BCUT2D eigenvalue weighted by Crippen LogP contribution is -2.16. The fourth-order valence-corrected chi connectivity index (χ4v) is 2.27. The molecular weight excluding hydrogens is 276 g/mol. The van der Waals surface area contributed by atoms with E-state index in [9.17, 15) is 0 Å². The van der Waals surface area contributed by atoms with Gasteiger partial charge in [-0.05, 0) is 25.8 Å². The Balaban J connectivity index is 1.69. The molecular formula is C15H17ClN2O2. The third-order valence-corrected chi connectivity index (χ3v) is 3.54. The lowest BCUT2D eigenvalue weighted by Gasteiger charge is -2.12. The van der Waals surface area contributed by atoms with Gasteiger partial charge in [-0.3, -0.25) is 0 Å². The molecule has 0 amide bonds. The van der Waals surface area contributed by atoms with Crippen LogP contribution in [-0.4, -0.2) is 11.2 Å². The van der Waals surface area contributed by atoms with Crippen LogP contribution in [0.15, 0.2) is 28.8 Å². The number of rotatable bonds is 6. The number of nitrogens with one attached hydrogen (secondary N) is 1. The standard InChI is InChI=1S/C15H17ClN2O2/c1-10-7-13(20-18-10)9-19-15-11(3-2-4-14(15)16)8-17-12-5-6-12/h2-4,7,12,17H,5-6,8-9H2,1H3. The average molecular weight is 293 g/mol. The van der Waals surface area contributed by atoms with Crippen LogP contribution in [-0.2, 0) is 13.2 Å². The quantitative estimate of drug-likeness (QED) is 0.885. The maximum Gasteiger partial charge on any atom is 0.174 e. The molecule has 3 rings (SSSR count). The van der Waals surface area contributed by atoms with E-state index in [1.807, 2.05) is 31.2 Å². The van der Waals surface area contributed by atoms with E-state index in [0.717, 1.165) is 23.6 Å². The minimum absolute atomic E-state index is 0.334. The van der Waals surface area contributed by atoms with Crippen LogP contribution >= 0.6 is 11.6 Å². The molecule has 1 aromatic carbocycles. The van der Waals surface area contributed by atoms with Crippen LogP contribution in [0.2, 0.25) is 5.02 Å². The molecule has 1 N–H and O–H groups in total. The first-order chi connectivity index (χ1) is 9.72. The molecule has 0 bridgehead atoms. The summed E-state index contributed by atoms with van der Waals surface area (Å²) in [5.41, 5.74) is 1.92. The molecule has 0 saturated heterocycles. The smallest absolute Gasteiger partial charge is 0.174 e. The topological polar surface area (TPSA) is 47.3 Å². The summed E-state index contributed by atoms with van der Waals surface area (Å²) >= 11 is 6.23. The van der Waals surface area contributed by atoms with Gasteiger partial charge in [-0.25, -0.2) is 0 Å². The van der Waals surface area contributed by atoms with Gasteiger partial charge in [-0.2, -0.15) is 0 Å². The van der Waals surface area contributed by atoms with Gasteiger partial charge >= 0.3 is 0 Å². The lowest BCUT2D eigenvalue weighted by atomic mass is 10.2. The van der Waals surface area contributed by atoms with Gasteiger partial charge in [0, 0.05) is 24.2 Å². The molecule has 1 aliphatic rings. The minimum Gasteiger partial charge on any atom is -0.484 e. The fraction of sp³-hybridized carbons (Fsp3) is 0.400. The number of benzene rings is 1. The van der Waals surface area contributed by atoms with Gasteiger partial charge in [0.15, 0.2) is 5.76 Å². The van der Waals surface area contributed by atoms with E-state index in [2.05, 4.69) is 10.5 Å². The largest absolute Gasteiger partial charge is 0.484 e. The fourth-order valence-electron chi connectivity index (χ4n) is 2.02. The Morgan fingerprint density at radius 2 is 2.30 bits per heavy atom. The van der Waals surface area contributed by atoms with Crippen LogP contribution in [0.4, 0.5) is 0 Å². The van der Waals surface area contributed by atoms with Crippen LogP contribution in [0.5, 0.6) is 5.75 Å². The number of hydrogen-bond acceptors (Lipinski definition) is 4. The van der Waals surface area contributed by atoms with Gasteiger partial charge in [-0.1, -0.05) is 28.9 Å². The highest BCUT2D eigenvalue weighted by molar-refractivity contribution is 6.32. The highest BCUT2D eigenvalue weighted by Crippen LogP contribution is 2.30. The monoisotopic (exact) mass is 292 g/mol. The first-order valence-corrected chi connectivity index (χ1v) is 7.16. The van der Waals surface area contributed by atoms with Gasteiger partial charge in [0.25, 0.3) is 0 Å². The molecule has 5 heteroatoms. The molecule has 0 aliphatic heterocycles. The van der Waals surface area contributed by atoms with Crippen molar-refractivity contribution in [1.82, 2.24) is 10.5 Å². The summed E-state index contributed by atoms with van der Waals surface area (Å²) in [4.78, 5) is 0. The Labute approximate surface area is 123 Å². The van der Waals surface area contributed by atoms with Crippen molar-refractivity contribution >= 4 is 11.6 Å². The zero-order valence-corrected chi connectivity index (χ0v) is 12.1. The van der Waals surface area contributed by atoms with Gasteiger partial charge in [0.2, 0.25) is 0 Å². The second-order valence-corrected chi connectivity index (χ2v) is 5.51. The van der Waals surface area contributed by atoms with Crippen molar-refractivity contribution in [3.8, 4) is 5.75 Å². The SMILES string of the molecule is Cc1cc(COc2c(Cl)cccc2CNC2CC2)on1. The van der Waals surface area contributed by atoms with Crippen molar-refractivity contribution in [3.63, 3.8) is 0 Å². The Morgan fingerprint density at radius 1 is 1.45 bits per heavy atom. The number of ether oxygens (including phenoxy) is 1. The first-order valence-electron chi connectivity index (χ1n) is 6.78. The molecule has 106 valence electrons. The van der Waals surface area contributed by atoms with Crippen molar-refractivity contribution in [3.05, 3.63) is 46.3 Å². The molecule has 0 radical (unpaired) electrons. The molecule has 2 aromatic rings. The Morgan fingerprint density at radius 3 is 3.00 bits per heavy atom. The Kier molecular flexibility index (Phi) is 3.94.